The molecule has 240 valence electrons. The van der Waals surface area contributed by atoms with E-state index in [9.17, 15) is 19.2 Å². The molecule has 0 aliphatic carbocycles. The molecule has 0 aromatic carbocycles. The van der Waals surface area contributed by atoms with Gasteiger partial charge in [0.15, 0.2) is 0 Å². The topological polar surface area (TPSA) is 102 Å². The molecule has 10 heteroatoms. The molecule has 3 aliphatic rings. The third-order valence-corrected chi connectivity index (χ3v) is 9.32. The lowest BCUT2D eigenvalue weighted by Gasteiger charge is -2.41. The van der Waals surface area contributed by atoms with Crippen LogP contribution in [0.2, 0.25) is 0 Å². The first-order chi connectivity index (χ1) is 19.6. The Bertz CT molecular complexity index is 963. The van der Waals surface area contributed by atoms with E-state index in [1.807, 2.05) is 48.7 Å². The van der Waals surface area contributed by atoms with Crippen LogP contribution in [0.15, 0.2) is 0 Å². The highest BCUT2D eigenvalue weighted by Gasteiger charge is 2.44. The van der Waals surface area contributed by atoms with Crippen molar-refractivity contribution in [2.45, 2.75) is 130 Å². The van der Waals surface area contributed by atoms with Gasteiger partial charge < -0.3 is 19.9 Å². The van der Waals surface area contributed by atoms with E-state index in [0.717, 1.165) is 51.6 Å². The predicted molar refractivity (Wildman–Crippen MR) is 164 cm³/mol. The van der Waals surface area contributed by atoms with E-state index in [-0.39, 0.29) is 53.8 Å². The van der Waals surface area contributed by atoms with Gasteiger partial charge in [0.1, 0.15) is 12.1 Å². The van der Waals surface area contributed by atoms with Gasteiger partial charge in [-0.05, 0) is 83.8 Å². The van der Waals surface area contributed by atoms with E-state index in [1.54, 1.807) is 9.80 Å². The summed E-state index contributed by atoms with van der Waals surface area (Å²) in [6, 6.07) is -1.87. The number of piperidine rings is 1. The number of amides is 3. The van der Waals surface area contributed by atoms with Crippen LogP contribution >= 0.6 is 0 Å². The third-order valence-electron chi connectivity index (χ3n) is 9.32. The second-order valence-electron chi connectivity index (χ2n) is 14.4. The number of carbonyl (C=O) groups excluding carboxylic acids is 4. The fourth-order valence-corrected chi connectivity index (χ4v) is 6.78. The molecule has 0 radical (unpaired) electrons. The average Bonchev–Trinajstić information content (AvgIpc) is 3.58. The number of carbonyl (C=O) groups is 4. The molecule has 10 nitrogen and oxygen atoms in total. The van der Waals surface area contributed by atoms with Gasteiger partial charge in [0.2, 0.25) is 17.7 Å². The molecule has 3 rings (SSSR count). The Kier molecular flexibility index (Phi) is 11.9. The minimum Gasteiger partial charge on any atom is -0.461 e. The van der Waals surface area contributed by atoms with E-state index >= 15 is 0 Å². The highest BCUT2D eigenvalue weighted by atomic mass is 16.5. The molecule has 42 heavy (non-hydrogen) atoms. The maximum absolute atomic E-state index is 14.1. The van der Waals surface area contributed by atoms with E-state index in [4.69, 9.17) is 4.74 Å². The molecule has 5 atom stereocenters. The lowest BCUT2D eigenvalue weighted by Crippen LogP contribution is -2.61. The summed E-state index contributed by atoms with van der Waals surface area (Å²) in [5, 5.41) is 3.13. The second-order valence-corrected chi connectivity index (χ2v) is 14.4. The van der Waals surface area contributed by atoms with Gasteiger partial charge in [0.05, 0.1) is 18.2 Å². The van der Waals surface area contributed by atoms with Gasteiger partial charge in [-0.3, -0.25) is 24.2 Å². The van der Waals surface area contributed by atoms with Crippen LogP contribution in [0.4, 0.5) is 0 Å². The highest BCUT2D eigenvalue weighted by molar-refractivity contribution is 5.91. The summed E-state index contributed by atoms with van der Waals surface area (Å²) < 4.78 is 5.46. The smallest absolute Gasteiger partial charge is 0.329 e. The number of esters is 1. The zero-order valence-electron chi connectivity index (χ0n) is 27.6. The van der Waals surface area contributed by atoms with E-state index < -0.39 is 17.5 Å². The number of nitrogens with zero attached hydrogens (tertiary/aromatic N) is 4. The third kappa shape index (κ3) is 8.24. The first-order valence-electron chi connectivity index (χ1n) is 16.2. The number of hydrogen-bond donors (Lipinski definition) is 1. The summed E-state index contributed by atoms with van der Waals surface area (Å²) in [6.45, 7) is 16.6. The van der Waals surface area contributed by atoms with E-state index in [1.165, 1.54) is 0 Å². The number of nitrogens with one attached hydrogen (secondary N) is 1. The van der Waals surface area contributed by atoms with Crippen molar-refractivity contribution in [1.29, 1.82) is 0 Å². The molecule has 0 bridgehead atoms. The standard InChI is InChI=1S/C32H57N5O5/c1-21(2)26(35(9)30(40)27(32(5,6)7)33-28(38)23-14-10-11-17-34(23)8)20-36-18-12-15-24(36)29(39)37-19-13-16-25(37)31(41)42-22(3)4/h21-27H,10-20H2,1-9H3,(H,33,38)/t23?,24-,25-,26+,27+/m0/s1. The Labute approximate surface area is 253 Å². The molecule has 3 heterocycles. The predicted octanol–water partition coefficient (Wildman–Crippen LogP) is 2.89. The fraction of sp³-hybridized carbons (Fsp3) is 0.875. The Morgan fingerprint density at radius 1 is 0.881 bits per heavy atom. The maximum atomic E-state index is 14.1. The molecular formula is C32H57N5O5. The summed E-state index contributed by atoms with van der Waals surface area (Å²) in [7, 11) is 3.81. The van der Waals surface area contributed by atoms with Crippen LogP contribution in [-0.4, -0.2) is 120 Å². The van der Waals surface area contributed by atoms with Crippen molar-refractivity contribution in [2.24, 2.45) is 11.3 Å². The van der Waals surface area contributed by atoms with Gasteiger partial charge in [-0.15, -0.1) is 0 Å². The number of hydrogen-bond acceptors (Lipinski definition) is 7. The molecule has 1 unspecified atom stereocenters. The molecule has 0 saturated carbocycles. The van der Waals surface area contributed by atoms with Gasteiger partial charge >= 0.3 is 5.97 Å². The van der Waals surface area contributed by atoms with Crippen molar-refractivity contribution in [3.05, 3.63) is 0 Å². The Morgan fingerprint density at radius 3 is 2.10 bits per heavy atom. The van der Waals surface area contributed by atoms with Crippen LogP contribution < -0.4 is 5.32 Å². The minimum absolute atomic E-state index is 0.0105. The molecule has 3 amide bonds. The van der Waals surface area contributed by atoms with Gasteiger partial charge in [-0.25, -0.2) is 4.79 Å². The first-order valence-corrected chi connectivity index (χ1v) is 16.2. The molecule has 0 aromatic heterocycles. The highest BCUT2D eigenvalue weighted by Crippen LogP contribution is 2.29. The van der Waals surface area contributed by atoms with Crippen molar-refractivity contribution in [1.82, 2.24) is 24.9 Å². The van der Waals surface area contributed by atoms with Gasteiger partial charge in [-0.2, -0.15) is 0 Å². The van der Waals surface area contributed by atoms with Gasteiger partial charge in [0, 0.05) is 26.2 Å². The average molecular weight is 592 g/mol. The minimum atomic E-state index is -0.667. The fourth-order valence-electron chi connectivity index (χ4n) is 6.78. The molecular weight excluding hydrogens is 534 g/mol. The van der Waals surface area contributed by atoms with Gasteiger partial charge in [-0.1, -0.05) is 41.0 Å². The summed E-state index contributed by atoms with van der Waals surface area (Å²) in [5.41, 5.74) is -0.475. The summed E-state index contributed by atoms with van der Waals surface area (Å²) in [5.74, 6) is -0.381. The van der Waals surface area contributed by atoms with Crippen LogP contribution in [0.1, 0.15) is 93.4 Å². The summed E-state index contributed by atoms with van der Waals surface area (Å²) in [4.78, 5) is 61.8. The van der Waals surface area contributed by atoms with Crippen LogP contribution in [0.5, 0.6) is 0 Å². The Morgan fingerprint density at radius 2 is 1.50 bits per heavy atom. The largest absolute Gasteiger partial charge is 0.461 e. The Balaban J connectivity index is 1.73. The number of likely N-dealkylation sites (N-methyl/N-ethyl adjacent to an activating group) is 2. The summed E-state index contributed by atoms with van der Waals surface area (Å²) in [6.07, 6.45) is 5.73. The van der Waals surface area contributed by atoms with Crippen LogP contribution in [0.25, 0.3) is 0 Å². The summed E-state index contributed by atoms with van der Waals surface area (Å²) >= 11 is 0. The van der Waals surface area contributed by atoms with Gasteiger partial charge in [0.25, 0.3) is 0 Å². The lowest BCUT2D eigenvalue weighted by molar-refractivity contribution is -0.158. The number of ether oxygens (including phenoxy) is 1. The monoisotopic (exact) mass is 591 g/mol. The van der Waals surface area contributed by atoms with Crippen LogP contribution in [0, 0.1) is 11.3 Å². The van der Waals surface area contributed by atoms with E-state index in [0.29, 0.717) is 19.5 Å². The van der Waals surface area contributed by atoms with Crippen LogP contribution in [-0.2, 0) is 23.9 Å². The van der Waals surface area contributed by atoms with Crippen LogP contribution in [0.3, 0.4) is 0 Å². The zero-order valence-corrected chi connectivity index (χ0v) is 27.6. The maximum Gasteiger partial charge on any atom is 0.329 e. The molecule has 3 saturated heterocycles. The van der Waals surface area contributed by atoms with Crippen molar-refractivity contribution in [3.63, 3.8) is 0 Å². The van der Waals surface area contributed by atoms with Crippen molar-refractivity contribution < 1.29 is 23.9 Å². The quantitative estimate of drug-likeness (QED) is 0.390. The normalized spacial score (nSPS) is 25.5. The van der Waals surface area contributed by atoms with Crippen molar-refractivity contribution in [2.75, 3.05) is 40.3 Å². The van der Waals surface area contributed by atoms with Crippen molar-refractivity contribution in [3.8, 4) is 0 Å². The number of likely N-dealkylation sites (tertiary alicyclic amines) is 3. The molecule has 3 fully saturated rings. The molecule has 3 aliphatic heterocycles. The lowest BCUT2D eigenvalue weighted by atomic mass is 9.84. The first kappa shape index (κ1) is 34.3. The zero-order chi connectivity index (χ0) is 31.4. The van der Waals surface area contributed by atoms with Crippen molar-refractivity contribution >= 4 is 23.7 Å². The molecule has 1 N–H and O–H groups in total. The molecule has 0 spiro atoms. The van der Waals surface area contributed by atoms with E-state index in [2.05, 4.69) is 29.0 Å². The Hall–Kier alpha value is -2.20. The second kappa shape index (κ2) is 14.5. The molecule has 0 aromatic rings. The number of rotatable bonds is 10. The SMILES string of the molecule is CC(C)OC(=O)[C@@H]1CCCN1C(=O)[C@@H]1CCCN1C[C@H](C(C)C)N(C)C(=O)[C@@H](NC(=O)C1CCCCN1C)C(C)(C)C.